The second-order valence-electron chi connectivity index (χ2n) is 7.31. The second-order valence-corrected chi connectivity index (χ2v) is 8.25. The Labute approximate surface area is 180 Å². The van der Waals surface area contributed by atoms with E-state index >= 15 is 0 Å². The summed E-state index contributed by atoms with van der Waals surface area (Å²) in [6.07, 6.45) is 5.67. The van der Waals surface area contributed by atoms with Crippen LogP contribution in [-0.4, -0.2) is 24.1 Å². The predicted molar refractivity (Wildman–Crippen MR) is 120 cm³/mol. The van der Waals surface area contributed by atoms with Gasteiger partial charge in [-0.1, -0.05) is 30.0 Å². The molecule has 0 aliphatic heterocycles. The highest BCUT2D eigenvalue weighted by molar-refractivity contribution is 7.98. The molecule has 154 valence electrons. The van der Waals surface area contributed by atoms with Crippen molar-refractivity contribution in [3.8, 4) is 5.75 Å². The van der Waals surface area contributed by atoms with Crippen molar-refractivity contribution in [2.45, 2.75) is 44.3 Å². The molecule has 0 bridgehead atoms. The number of aromatic nitrogens is 5. The van der Waals surface area contributed by atoms with Crippen molar-refractivity contribution in [2.75, 3.05) is 0 Å². The minimum Gasteiger partial charge on any atom is -0.483 e. The normalized spacial score (nSPS) is 12.2. The lowest BCUT2D eigenvalue weighted by molar-refractivity contribution is 0.210. The standard InChI is InChI=1S/C23H25N5OS/c1-5-9-28-22(18(4)29-20-12-16(2)11-17(3)13-20)25-26-23(28)30-15-19-14-27-10-7-6-8-21(27)24-19/h5-8,10-14,18H,1,9,15H2,2-4H3. The molecule has 0 aliphatic carbocycles. The fourth-order valence-corrected chi connectivity index (χ4v) is 4.30. The maximum Gasteiger partial charge on any atom is 0.192 e. The minimum atomic E-state index is -0.233. The van der Waals surface area contributed by atoms with Crippen LogP contribution in [0, 0.1) is 13.8 Å². The molecule has 7 heteroatoms. The maximum atomic E-state index is 6.18. The van der Waals surface area contributed by atoms with E-state index in [4.69, 9.17) is 4.74 Å². The number of allylic oxidation sites excluding steroid dienone is 1. The predicted octanol–water partition coefficient (Wildman–Crippen LogP) is 5.16. The van der Waals surface area contributed by atoms with Crippen molar-refractivity contribution in [1.82, 2.24) is 24.1 Å². The third kappa shape index (κ3) is 4.41. The van der Waals surface area contributed by atoms with Crippen LogP contribution in [0.4, 0.5) is 0 Å². The molecule has 0 spiro atoms. The summed E-state index contributed by atoms with van der Waals surface area (Å²) in [5.41, 5.74) is 4.29. The third-order valence-corrected chi connectivity index (χ3v) is 5.69. The van der Waals surface area contributed by atoms with Crippen molar-refractivity contribution in [1.29, 1.82) is 0 Å². The summed E-state index contributed by atoms with van der Waals surface area (Å²) in [5.74, 6) is 2.34. The van der Waals surface area contributed by atoms with Crippen molar-refractivity contribution in [3.63, 3.8) is 0 Å². The molecule has 0 saturated carbocycles. The van der Waals surface area contributed by atoms with E-state index in [0.717, 1.165) is 28.1 Å². The highest BCUT2D eigenvalue weighted by Gasteiger charge is 2.19. The van der Waals surface area contributed by atoms with Crippen LogP contribution in [-0.2, 0) is 12.3 Å². The zero-order valence-corrected chi connectivity index (χ0v) is 18.3. The third-order valence-electron chi connectivity index (χ3n) is 4.69. The van der Waals surface area contributed by atoms with Crippen LogP contribution in [0.2, 0.25) is 0 Å². The topological polar surface area (TPSA) is 57.2 Å². The SMILES string of the molecule is C=CCn1c(SCc2cn3ccccc3n2)nnc1C(C)Oc1cc(C)cc(C)c1. The second kappa shape index (κ2) is 8.75. The van der Waals surface area contributed by atoms with E-state index < -0.39 is 0 Å². The van der Waals surface area contributed by atoms with Crippen LogP contribution in [0.25, 0.3) is 5.65 Å². The van der Waals surface area contributed by atoms with E-state index in [-0.39, 0.29) is 6.10 Å². The molecule has 6 nitrogen and oxygen atoms in total. The smallest absolute Gasteiger partial charge is 0.192 e. The number of fused-ring (bicyclic) bond motifs is 1. The first-order valence-corrected chi connectivity index (χ1v) is 10.9. The summed E-state index contributed by atoms with van der Waals surface area (Å²) in [5, 5.41) is 9.67. The van der Waals surface area contributed by atoms with Gasteiger partial charge in [0.2, 0.25) is 0 Å². The van der Waals surface area contributed by atoms with E-state index in [2.05, 4.69) is 46.2 Å². The fraction of sp³-hybridized carbons (Fsp3) is 0.261. The van der Waals surface area contributed by atoms with E-state index in [1.807, 2.05) is 60.1 Å². The van der Waals surface area contributed by atoms with Crippen LogP contribution >= 0.6 is 11.8 Å². The van der Waals surface area contributed by atoms with Gasteiger partial charge in [-0.15, -0.1) is 16.8 Å². The Morgan fingerprint density at radius 3 is 2.70 bits per heavy atom. The van der Waals surface area contributed by atoms with Gasteiger partial charge in [-0.25, -0.2) is 4.98 Å². The zero-order chi connectivity index (χ0) is 21.1. The lowest BCUT2D eigenvalue weighted by atomic mass is 10.1. The summed E-state index contributed by atoms with van der Waals surface area (Å²) in [6, 6.07) is 12.2. The summed E-state index contributed by atoms with van der Waals surface area (Å²) in [7, 11) is 0. The van der Waals surface area contributed by atoms with Crippen LogP contribution in [0.5, 0.6) is 5.75 Å². The Bertz CT molecular complexity index is 1130. The maximum absolute atomic E-state index is 6.18. The van der Waals surface area contributed by atoms with Gasteiger partial charge in [0.05, 0.1) is 5.69 Å². The number of aryl methyl sites for hydroxylation is 2. The molecule has 4 rings (SSSR count). The molecular weight excluding hydrogens is 394 g/mol. The molecular formula is C23H25N5OS. The molecule has 0 fully saturated rings. The summed E-state index contributed by atoms with van der Waals surface area (Å²) >= 11 is 1.61. The number of pyridine rings is 1. The number of hydrogen-bond donors (Lipinski definition) is 0. The van der Waals surface area contributed by atoms with E-state index in [1.54, 1.807) is 11.8 Å². The van der Waals surface area contributed by atoms with Gasteiger partial charge >= 0.3 is 0 Å². The number of hydrogen-bond acceptors (Lipinski definition) is 5. The molecule has 0 aliphatic rings. The van der Waals surface area contributed by atoms with Crippen molar-refractivity contribution >= 4 is 17.4 Å². The average molecular weight is 420 g/mol. The molecule has 1 aromatic carbocycles. The molecule has 0 radical (unpaired) electrons. The molecule has 3 heterocycles. The van der Waals surface area contributed by atoms with Gasteiger partial charge in [-0.05, 0) is 56.2 Å². The lowest BCUT2D eigenvalue weighted by Crippen LogP contribution is -2.12. The largest absolute Gasteiger partial charge is 0.483 e. The Morgan fingerprint density at radius 1 is 1.17 bits per heavy atom. The number of ether oxygens (including phenoxy) is 1. The Kier molecular flexibility index (Phi) is 5.90. The van der Waals surface area contributed by atoms with Crippen molar-refractivity contribution in [3.05, 3.63) is 84.1 Å². The molecule has 1 unspecified atom stereocenters. The van der Waals surface area contributed by atoms with Gasteiger partial charge < -0.3 is 9.14 Å². The van der Waals surface area contributed by atoms with Crippen molar-refractivity contribution in [2.24, 2.45) is 0 Å². The first-order chi connectivity index (χ1) is 14.5. The van der Waals surface area contributed by atoms with Gasteiger partial charge in [-0.2, -0.15) is 0 Å². The number of rotatable bonds is 8. The monoisotopic (exact) mass is 419 g/mol. The Morgan fingerprint density at radius 2 is 1.97 bits per heavy atom. The Balaban J connectivity index is 1.52. The number of imidazole rings is 1. The minimum absolute atomic E-state index is 0.233. The van der Waals surface area contributed by atoms with E-state index in [9.17, 15) is 0 Å². The molecule has 1 atom stereocenters. The van der Waals surface area contributed by atoms with Crippen LogP contribution < -0.4 is 4.74 Å². The van der Waals surface area contributed by atoms with Crippen LogP contribution in [0.15, 0.2) is 66.6 Å². The number of benzene rings is 1. The summed E-state index contributed by atoms with van der Waals surface area (Å²) in [6.45, 7) is 10.6. The highest BCUT2D eigenvalue weighted by Crippen LogP contribution is 2.27. The van der Waals surface area contributed by atoms with Crippen LogP contribution in [0.3, 0.4) is 0 Å². The zero-order valence-electron chi connectivity index (χ0n) is 17.4. The number of nitrogens with zero attached hydrogens (tertiary/aromatic N) is 5. The van der Waals surface area contributed by atoms with Crippen molar-refractivity contribution < 1.29 is 4.74 Å². The molecule has 0 amide bonds. The van der Waals surface area contributed by atoms with E-state index in [1.165, 1.54) is 11.1 Å². The average Bonchev–Trinajstić information content (AvgIpc) is 3.29. The first-order valence-electron chi connectivity index (χ1n) is 9.88. The Hall–Kier alpha value is -3.06. The first kappa shape index (κ1) is 20.2. The summed E-state index contributed by atoms with van der Waals surface area (Å²) in [4.78, 5) is 4.66. The highest BCUT2D eigenvalue weighted by atomic mass is 32.2. The fourth-order valence-electron chi connectivity index (χ4n) is 3.46. The van der Waals surface area contributed by atoms with Gasteiger partial charge in [-0.3, -0.25) is 4.57 Å². The van der Waals surface area contributed by atoms with Gasteiger partial charge in [0.25, 0.3) is 0 Å². The molecule has 3 aromatic heterocycles. The molecule has 0 saturated heterocycles. The van der Waals surface area contributed by atoms with E-state index in [0.29, 0.717) is 12.3 Å². The van der Waals surface area contributed by atoms with Gasteiger partial charge in [0.1, 0.15) is 11.4 Å². The van der Waals surface area contributed by atoms with Crippen LogP contribution in [0.1, 0.15) is 35.7 Å². The van der Waals surface area contributed by atoms with Gasteiger partial charge in [0, 0.05) is 24.7 Å². The molecule has 30 heavy (non-hydrogen) atoms. The summed E-state index contributed by atoms with van der Waals surface area (Å²) < 4.78 is 10.3. The molecule has 4 aromatic rings. The quantitative estimate of drug-likeness (QED) is 0.292. The lowest BCUT2D eigenvalue weighted by Gasteiger charge is -2.16. The molecule has 0 N–H and O–H groups in total. The van der Waals surface area contributed by atoms with Gasteiger partial charge in [0.15, 0.2) is 17.1 Å². The number of thioether (sulfide) groups is 1.